The largest absolute Gasteiger partial charge is 0.350 e. The molecule has 1 aromatic heterocycles. The summed E-state index contributed by atoms with van der Waals surface area (Å²) >= 11 is 0. The Bertz CT molecular complexity index is 654. The van der Waals surface area contributed by atoms with Crippen molar-refractivity contribution in [3.05, 3.63) is 35.3 Å². The lowest BCUT2D eigenvalue weighted by Gasteiger charge is -2.15. The number of halogens is 1. The van der Waals surface area contributed by atoms with Gasteiger partial charge in [-0.05, 0) is 43.5 Å². The predicted octanol–water partition coefficient (Wildman–Crippen LogP) is 4.07. The first kappa shape index (κ1) is 14.1. The molecule has 21 heavy (non-hydrogen) atoms. The van der Waals surface area contributed by atoms with Crippen LogP contribution in [0.2, 0.25) is 0 Å². The Morgan fingerprint density at radius 1 is 1.24 bits per heavy atom. The summed E-state index contributed by atoms with van der Waals surface area (Å²) in [6.45, 7) is 1.86. The summed E-state index contributed by atoms with van der Waals surface area (Å²) in [7, 11) is 0. The zero-order chi connectivity index (χ0) is 14.8. The number of amides is 1. The lowest BCUT2D eigenvalue weighted by Crippen LogP contribution is -2.34. The normalized spacial score (nSPS) is 16.9. The molecule has 1 aliphatic rings. The van der Waals surface area contributed by atoms with Gasteiger partial charge in [0.25, 0.3) is 5.91 Å². The second-order valence-electron chi connectivity index (χ2n) is 5.98. The van der Waals surface area contributed by atoms with E-state index in [0.29, 0.717) is 5.69 Å². The summed E-state index contributed by atoms with van der Waals surface area (Å²) in [5.74, 6) is -0.351. The van der Waals surface area contributed by atoms with Gasteiger partial charge in [-0.25, -0.2) is 4.39 Å². The molecule has 0 radical (unpaired) electrons. The molecule has 1 aromatic carbocycles. The van der Waals surface area contributed by atoms with Crippen LogP contribution < -0.4 is 5.32 Å². The number of hydrogen-bond donors (Lipinski definition) is 2. The van der Waals surface area contributed by atoms with Crippen LogP contribution in [0.3, 0.4) is 0 Å². The third kappa shape index (κ3) is 2.94. The SMILES string of the molecule is Cc1c(C(=O)NC2CCCCCC2)[nH]c2ccc(F)cc12. The molecular weight excluding hydrogens is 267 g/mol. The average molecular weight is 288 g/mol. The Morgan fingerprint density at radius 2 is 1.95 bits per heavy atom. The molecule has 0 atom stereocenters. The molecule has 0 saturated heterocycles. The zero-order valence-electron chi connectivity index (χ0n) is 12.3. The molecule has 0 bridgehead atoms. The monoisotopic (exact) mass is 288 g/mol. The number of benzene rings is 1. The lowest BCUT2D eigenvalue weighted by atomic mass is 10.1. The molecule has 112 valence electrons. The molecule has 4 heteroatoms. The maximum atomic E-state index is 13.3. The third-order valence-electron chi connectivity index (χ3n) is 4.44. The van der Waals surface area contributed by atoms with Crippen molar-refractivity contribution in [2.24, 2.45) is 0 Å². The Morgan fingerprint density at radius 3 is 2.67 bits per heavy atom. The summed E-state index contributed by atoms with van der Waals surface area (Å²) in [6, 6.07) is 4.83. The molecule has 1 saturated carbocycles. The highest BCUT2D eigenvalue weighted by molar-refractivity contribution is 6.01. The van der Waals surface area contributed by atoms with E-state index in [1.807, 2.05) is 6.92 Å². The second kappa shape index (κ2) is 5.88. The molecule has 0 spiro atoms. The fourth-order valence-electron chi connectivity index (χ4n) is 3.21. The number of aromatic amines is 1. The van der Waals surface area contributed by atoms with Gasteiger partial charge < -0.3 is 10.3 Å². The van der Waals surface area contributed by atoms with Crippen molar-refractivity contribution < 1.29 is 9.18 Å². The average Bonchev–Trinajstić information content (AvgIpc) is 2.65. The van der Waals surface area contributed by atoms with Crippen LogP contribution in [0, 0.1) is 12.7 Å². The standard InChI is InChI=1S/C17H21FN2O/c1-11-14-10-12(18)8-9-15(14)20-16(11)17(21)19-13-6-4-2-3-5-7-13/h8-10,13,20H,2-7H2,1H3,(H,19,21). The first-order chi connectivity index (χ1) is 10.1. The van der Waals surface area contributed by atoms with E-state index in [0.717, 1.165) is 29.3 Å². The number of aromatic nitrogens is 1. The van der Waals surface area contributed by atoms with Crippen LogP contribution in [0.1, 0.15) is 54.6 Å². The highest BCUT2D eigenvalue weighted by Crippen LogP contribution is 2.23. The minimum atomic E-state index is -0.277. The van der Waals surface area contributed by atoms with Crippen LogP contribution in [0.4, 0.5) is 4.39 Å². The number of nitrogens with one attached hydrogen (secondary N) is 2. The van der Waals surface area contributed by atoms with Crippen LogP contribution in [0.5, 0.6) is 0 Å². The quantitative estimate of drug-likeness (QED) is 0.804. The molecule has 2 N–H and O–H groups in total. The molecule has 3 nitrogen and oxygen atoms in total. The van der Waals surface area contributed by atoms with Gasteiger partial charge in [0.2, 0.25) is 0 Å². The van der Waals surface area contributed by atoms with Crippen LogP contribution in [-0.2, 0) is 0 Å². The highest BCUT2D eigenvalue weighted by atomic mass is 19.1. The van der Waals surface area contributed by atoms with Gasteiger partial charge in [0.1, 0.15) is 11.5 Å². The summed E-state index contributed by atoms with van der Waals surface area (Å²) in [4.78, 5) is 15.6. The van der Waals surface area contributed by atoms with Crippen molar-refractivity contribution in [1.29, 1.82) is 0 Å². The molecule has 0 unspecified atom stereocenters. The van der Waals surface area contributed by atoms with E-state index < -0.39 is 0 Å². The van der Waals surface area contributed by atoms with Gasteiger partial charge in [-0.2, -0.15) is 0 Å². The third-order valence-corrected chi connectivity index (χ3v) is 4.44. The fraction of sp³-hybridized carbons (Fsp3) is 0.471. The van der Waals surface area contributed by atoms with Gasteiger partial charge in [-0.3, -0.25) is 4.79 Å². The predicted molar refractivity (Wildman–Crippen MR) is 81.9 cm³/mol. The van der Waals surface area contributed by atoms with E-state index in [1.165, 1.54) is 37.8 Å². The number of hydrogen-bond acceptors (Lipinski definition) is 1. The smallest absolute Gasteiger partial charge is 0.268 e. The first-order valence-electron chi connectivity index (χ1n) is 7.74. The van der Waals surface area contributed by atoms with Gasteiger partial charge in [0.15, 0.2) is 0 Å². The minimum absolute atomic E-state index is 0.0731. The van der Waals surface area contributed by atoms with Crippen molar-refractivity contribution in [3.63, 3.8) is 0 Å². The molecule has 3 rings (SSSR count). The van der Waals surface area contributed by atoms with Crippen molar-refractivity contribution in [3.8, 4) is 0 Å². The second-order valence-corrected chi connectivity index (χ2v) is 5.98. The van der Waals surface area contributed by atoms with Crippen molar-refractivity contribution >= 4 is 16.8 Å². The molecule has 1 fully saturated rings. The number of carbonyl (C=O) groups excluding carboxylic acids is 1. The fourth-order valence-corrected chi connectivity index (χ4v) is 3.21. The molecule has 1 heterocycles. The van der Waals surface area contributed by atoms with Gasteiger partial charge in [0, 0.05) is 16.9 Å². The lowest BCUT2D eigenvalue weighted by molar-refractivity contribution is 0.0928. The van der Waals surface area contributed by atoms with Gasteiger partial charge >= 0.3 is 0 Å². The summed E-state index contributed by atoms with van der Waals surface area (Å²) in [5.41, 5.74) is 2.18. The maximum Gasteiger partial charge on any atom is 0.268 e. The Hall–Kier alpha value is -1.84. The highest BCUT2D eigenvalue weighted by Gasteiger charge is 2.19. The van der Waals surface area contributed by atoms with Crippen LogP contribution in [0.25, 0.3) is 10.9 Å². The van der Waals surface area contributed by atoms with Gasteiger partial charge in [-0.15, -0.1) is 0 Å². The van der Waals surface area contributed by atoms with E-state index in [1.54, 1.807) is 6.07 Å². The maximum absolute atomic E-state index is 13.3. The molecule has 0 aliphatic heterocycles. The number of fused-ring (bicyclic) bond motifs is 1. The Balaban J connectivity index is 1.82. The Labute approximate surface area is 123 Å². The van der Waals surface area contributed by atoms with Crippen molar-refractivity contribution in [2.75, 3.05) is 0 Å². The first-order valence-corrected chi connectivity index (χ1v) is 7.74. The van der Waals surface area contributed by atoms with Crippen molar-refractivity contribution in [2.45, 2.75) is 51.5 Å². The van der Waals surface area contributed by atoms with E-state index >= 15 is 0 Å². The van der Waals surface area contributed by atoms with Crippen LogP contribution >= 0.6 is 0 Å². The van der Waals surface area contributed by atoms with Gasteiger partial charge in [0.05, 0.1) is 0 Å². The van der Waals surface area contributed by atoms with Gasteiger partial charge in [-0.1, -0.05) is 25.7 Å². The molecule has 1 aliphatic carbocycles. The molecule has 2 aromatic rings. The van der Waals surface area contributed by atoms with Crippen LogP contribution in [0.15, 0.2) is 18.2 Å². The number of rotatable bonds is 2. The number of carbonyl (C=O) groups is 1. The summed E-state index contributed by atoms with van der Waals surface area (Å²) in [6.07, 6.45) is 7.00. The van der Waals surface area contributed by atoms with E-state index in [-0.39, 0.29) is 17.8 Å². The van der Waals surface area contributed by atoms with E-state index in [9.17, 15) is 9.18 Å². The topological polar surface area (TPSA) is 44.9 Å². The molecule has 1 amide bonds. The van der Waals surface area contributed by atoms with E-state index in [4.69, 9.17) is 0 Å². The molecular formula is C17H21FN2O. The summed E-state index contributed by atoms with van der Waals surface area (Å²) in [5, 5.41) is 3.91. The van der Waals surface area contributed by atoms with Crippen molar-refractivity contribution in [1.82, 2.24) is 10.3 Å². The number of H-pyrrole nitrogens is 1. The van der Waals surface area contributed by atoms with Crippen LogP contribution in [-0.4, -0.2) is 16.9 Å². The van der Waals surface area contributed by atoms with E-state index in [2.05, 4.69) is 10.3 Å². The zero-order valence-corrected chi connectivity index (χ0v) is 12.3. The summed E-state index contributed by atoms with van der Waals surface area (Å²) < 4.78 is 13.3. The minimum Gasteiger partial charge on any atom is -0.350 e. The number of aryl methyl sites for hydroxylation is 1. The Kier molecular flexibility index (Phi) is 3.95.